The average Bonchev–Trinajstić information content (AvgIpc) is 2.36. The van der Waals surface area contributed by atoms with Gasteiger partial charge in [-0.3, -0.25) is 9.59 Å². The average molecular weight is 288 g/mol. The van der Waals surface area contributed by atoms with Gasteiger partial charge in [0.2, 0.25) is 5.91 Å². The van der Waals surface area contributed by atoms with E-state index in [2.05, 4.69) is 10.6 Å². The molecule has 0 bridgehead atoms. The number of halogens is 2. The second-order valence-corrected chi connectivity index (χ2v) is 4.03. The maximum Gasteiger partial charge on any atom is 0.472 e. The van der Waals surface area contributed by atoms with Gasteiger partial charge >= 0.3 is 7.12 Å². The van der Waals surface area contributed by atoms with Gasteiger partial charge in [-0.05, 0) is 18.2 Å². The van der Waals surface area contributed by atoms with Crippen molar-refractivity contribution >= 4 is 30.5 Å². The van der Waals surface area contributed by atoms with Crippen molar-refractivity contribution in [3.05, 3.63) is 34.6 Å². The SMILES string of the molecule is O=C(CNC(=O)c1cc(Cl)ccc1F)NCB(O)O. The number of hydrogen-bond acceptors (Lipinski definition) is 4. The molecule has 102 valence electrons. The molecule has 4 N–H and O–H groups in total. The van der Waals surface area contributed by atoms with Gasteiger partial charge in [0.1, 0.15) is 5.82 Å². The first kappa shape index (κ1) is 15.4. The summed E-state index contributed by atoms with van der Waals surface area (Å²) in [7, 11) is -1.68. The van der Waals surface area contributed by atoms with Crippen LogP contribution in [-0.4, -0.2) is 42.0 Å². The molecule has 0 fully saturated rings. The third-order valence-electron chi connectivity index (χ3n) is 2.06. The fourth-order valence-electron chi connectivity index (χ4n) is 1.19. The van der Waals surface area contributed by atoms with E-state index >= 15 is 0 Å². The van der Waals surface area contributed by atoms with Crippen molar-refractivity contribution in [3.8, 4) is 0 Å². The number of amides is 2. The van der Waals surface area contributed by atoms with Crippen molar-refractivity contribution in [3.63, 3.8) is 0 Å². The number of benzene rings is 1. The fourth-order valence-corrected chi connectivity index (χ4v) is 1.37. The zero-order valence-corrected chi connectivity index (χ0v) is 10.4. The van der Waals surface area contributed by atoms with Crippen LogP contribution in [0.5, 0.6) is 0 Å². The lowest BCUT2D eigenvalue weighted by atomic mass is 9.92. The zero-order valence-electron chi connectivity index (χ0n) is 9.69. The van der Waals surface area contributed by atoms with Crippen molar-refractivity contribution in [2.75, 3.05) is 13.0 Å². The molecule has 2 amide bonds. The first-order valence-corrected chi connectivity index (χ1v) is 5.64. The minimum atomic E-state index is -1.68. The summed E-state index contributed by atoms with van der Waals surface area (Å²) in [5.41, 5.74) is -0.275. The zero-order chi connectivity index (χ0) is 14.4. The molecule has 1 aromatic rings. The molecule has 19 heavy (non-hydrogen) atoms. The van der Waals surface area contributed by atoms with Crippen molar-refractivity contribution in [1.29, 1.82) is 0 Å². The number of carbonyl (C=O) groups is 2. The smallest absolute Gasteiger partial charge is 0.426 e. The Balaban J connectivity index is 2.51. The highest BCUT2D eigenvalue weighted by molar-refractivity contribution is 6.41. The van der Waals surface area contributed by atoms with E-state index in [9.17, 15) is 14.0 Å². The normalized spacial score (nSPS) is 9.89. The van der Waals surface area contributed by atoms with Gasteiger partial charge in [-0.25, -0.2) is 4.39 Å². The van der Waals surface area contributed by atoms with Gasteiger partial charge in [0.15, 0.2) is 0 Å². The molecular weight excluding hydrogens is 277 g/mol. The summed E-state index contributed by atoms with van der Waals surface area (Å²) in [5, 5.41) is 21.5. The summed E-state index contributed by atoms with van der Waals surface area (Å²) in [4.78, 5) is 22.7. The van der Waals surface area contributed by atoms with Crippen molar-refractivity contribution < 1.29 is 24.0 Å². The summed E-state index contributed by atoms with van der Waals surface area (Å²) in [6, 6.07) is 3.48. The van der Waals surface area contributed by atoms with E-state index in [4.69, 9.17) is 21.6 Å². The molecule has 1 rings (SSSR count). The van der Waals surface area contributed by atoms with Gasteiger partial charge in [-0.2, -0.15) is 0 Å². The standard InChI is InChI=1S/C10H11BClFN2O4/c12-6-1-2-8(13)7(3-6)10(17)14-4-9(16)15-5-11(18)19/h1-3,18-19H,4-5H2,(H,14,17)(H,15,16). The summed E-state index contributed by atoms with van der Waals surface area (Å²) < 4.78 is 13.3. The molecule has 0 unspecified atom stereocenters. The van der Waals surface area contributed by atoms with Crippen LogP contribution in [0.2, 0.25) is 5.02 Å². The predicted octanol–water partition coefficient (Wildman–Crippen LogP) is -0.663. The third kappa shape index (κ3) is 5.25. The number of carbonyl (C=O) groups excluding carboxylic acids is 2. The molecule has 0 aliphatic heterocycles. The van der Waals surface area contributed by atoms with E-state index in [0.29, 0.717) is 0 Å². The van der Waals surface area contributed by atoms with Crippen LogP contribution in [0.4, 0.5) is 4.39 Å². The summed E-state index contributed by atoms with van der Waals surface area (Å²) in [6.07, 6.45) is -0.361. The molecule has 0 aliphatic carbocycles. The molecule has 0 atom stereocenters. The summed E-state index contributed by atoms with van der Waals surface area (Å²) in [5.74, 6) is -2.18. The quantitative estimate of drug-likeness (QED) is 0.540. The second kappa shape index (κ2) is 7.08. The maximum absolute atomic E-state index is 13.3. The van der Waals surface area contributed by atoms with E-state index < -0.39 is 31.3 Å². The molecule has 0 heterocycles. The second-order valence-electron chi connectivity index (χ2n) is 3.59. The highest BCUT2D eigenvalue weighted by atomic mass is 35.5. The Morgan fingerprint density at radius 2 is 2.00 bits per heavy atom. The lowest BCUT2D eigenvalue weighted by Crippen LogP contribution is -2.41. The van der Waals surface area contributed by atoms with E-state index in [1.165, 1.54) is 6.07 Å². The van der Waals surface area contributed by atoms with Crippen LogP contribution in [0.3, 0.4) is 0 Å². The van der Waals surface area contributed by atoms with E-state index in [1.54, 1.807) is 0 Å². The molecule has 0 radical (unpaired) electrons. The van der Waals surface area contributed by atoms with Crippen LogP contribution in [0.15, 0.2) is 18.2 Å². The van der Waals surface area contributed by atoms with Crippen LogP contribution in [-0.2, 0) is 4.79 Å². The van der Waals surface area contributed by atoms with Gasteiger partial charge in [0.05, 0.1) is 18.6 Å². The molecule has 0 aromatic heterocycles. The minimum absolute atomic E-state index is 0.194. The monoisotopic (exact) mass is 288 g/mol. The Hall–Kier alpha value is -1.64. The largest absolute Gasteiger partial charge is 0.472 e. The van der Waals surface area contributed by atoms with Gasteiger partial charge < -0.3 is 20.7 Å². The highest BCUT2D eigenvalue weighted by Gasteiger charge is 2.14. The Kier molecular flexibility index (Phi) is 5.74. The minimum Gasteiger partial charge on any atom is -0.426 e. The van der Waals surface area contributed by atoms with Gasteiger partial charge in [0, 0.05) is 5.02 Å². The topological polar surface area (TPSA) is 98.7 Å². The molecular formula is C10H11BClFN2O4. The number of rotatable bonds is 5. The predicted molar refractivity (Wildman–Crippen MR) is 66.9 cm³/mol. The van der Waals surface area contributed by atoms with Gasteiger partial charge in [-0.1, -0.05) is 11.6 Å². The van der Waals surface area contributed by atoms with Crippen molar-refractivity contribution in [2.24, 2.45) is 0 Å². The first-order chi connectivity index (χ1) is 8.90. The van der Waals surface area contributed by atoms with Crippen LogP contribution in [0.25, 0.3) is 0 Å². The molecule has 0 saturated heterocycles. The van der Waals surface area contributed by atoms with Crippen LogP contribution >= 0.6 is 11.6 Å². The Bertz CT molecular complexity index is 487. The van der Waals surface area contributed by atoms with Gasteiger partial charge in [-0.15, -0.1) is 0 Å². The Morgan fingerprint density at radius 1 is 1.32 bits per heavy atom. The maximum atomic E-state index is 13.3. The molecule has 0 aliphatic rings. The molecule has 0 saturated carbocycles. The molecule has 1 aromatic carbocycles. The van der Waals surface area contributed by atoms with Crippen molar-refractivity contribution in [1.82, 2.24) is 10.6 Å². The lowest BCUT2D eigenvalue weighted by molar-refractivity contribution is -0.119. The summed E-state index contributed by atoms with van der Waals surface area (Å²) >= 11 is 5.63. The van der Waals surface area contributed by atoms with Crippen LogP contribution < -0.4 is 10.6 Å². The highest BCUT2D eigenvalue weighted by Crippen LogP contribution is 2.14. The fraction of sp³-hybridized carbons (Fsp3) is 0.200. The van der Waals surface area contributed by atoms with Gasteiger partial charge in [0.25, 0.3) is 5.91 Å². The molecule has 6 nitrogen and oxygen atoms in total. The number of nitrogens with one attached hydrogen (secondary N) is 2. The van der Waals surface area contributed by atoms with Crippen LogP contribution in [0.1, 0.15) is 10.4 Å². The summed E-state index contributed by atoms with van der Waals surface area (Å²) in [6.45, 7) is -0.419. The first-order valence-electron chi connectivity index (χ1n) is 5.26. The Morgan fingerprint density at radius 3 is 2.63 bits per heavy atom. The number of hydrogen-bond donors (Lipinski definition) is 4. The van der Waals surface area contributed by atoms with Crippen molar-refractivity contribution in [2.45, 2.75) is 0 Å². The van der Waals surface area contributed by atoms with Crippen LogP contribution in [0, 0.1) is 5.82 Å². The lowest BCUT2D eigenvalue weighted by Gasteiger charge is -2.07. The Labute approximate surface area is 113 Å². The molecule has 9 heteroatoms. The van der Waals surface area contributed by atoms with E-state index in [1.807, 2.05) is 0 Å². The van der Waals surface area contributed by atoms with E-state index in [0.717, 1.165) is 12.1 Å². The van der Waals surface area contributed by atoms with E-state index in [-0.39, 0.29) is 17.0 Å². The molecule has 0 spiro atoms. The third-order valence-corrected chi connectivity index (χ3v) is 2.30.